The fourth-order valence-electron chi connectivity index (χ4n) is 3.49. The van der Waals surface area contributed by atoms with Gasteiger partial charge in [0.15, 0.2) is 0 Å². The van der Waals surface area contributed by atoms with Crippen LogP contribution >= 0.6 is 0 Å². The molecule has 0 fully saturated rings. The molecular weight excluding hydrogens is 388 g/mol. The van der Waals surface area contributed by atoms with Crippen molar-refractivity contribution in [3.63, 3.8) is 0 Å². The second-order valence-corrected chi connectivity index (χ2v) is 7.60. The highest BCUT2D eigenvalue weighted by Crippen LogP contribution is 2.24. The van der Waals surface area contributed by atoms with E-state index in [2.05, 4.69) is 30.4 Å². The van der Waals surface area contributed by atoms with E-state index >= 15 is 0 Å². The van der Waals surface area contributed by atoms with E-state index in [0.29, 0.717) is 31.6 Å². The molecule has 0 spiro atoms. The quantitative estimate of drug-likeness (QED) is 0.459. The molecule has 1 N–H and O–H groups in total. The molecule has 0 radical (unpaired) electrons. The Morgan fingerprint density at radius 3 is 2.52 bits per heavy atom. The van der Waals surface area contributed by atoms with Crippen molar-refractivity contribution in [1.82, 2.24) is 4.57 Å². The van der Waals surface area contributed by atoms with Crippen LogP contribution in [0.5, 0.6) is 0 Å². The Bertz CT molecular complexity index is 1040. The van der Waals surface area contributed by atoms with Gasteiger partial charge in [-0.15, -0.1) is 0 Å². The van der Waals surface area contributed by atoms with Gasteiger partial charge in [-0.2, -0.15) is 0 Å². The molecule has 5 heteroatoms. The van der Waals surface area contributed by atoms with E-state index in [1.54, 1.807) is 6.92 Å². The highest BCUT2D eigenvalue weighted by Gasteiger charge is 2.15. The molecule has 0 atom stereocenters. The lowest BCUT2D eigenvalue weighted by Crippen LogP contribution is -2.12. The molecule has 1 heterocycles. The number of aryl methyl sites for hydroxylation is 3. The molecule has 0 saturated carbocycles. The largest absolute Gasteiger partial charge is 0.462 e. The number of benzene rings is 2. The van der Waals surface area contributed by atoms with E-state index in [1.807, 2.05) is 54.1 Å². The maximum absolute atomic E-state index is 12.4. The number of hydrogen-bond acceptors (Lipinski definition) is 3. The van der Waals surface area contributed by atoms with Crippen molar-refractivity contribution in [2.75, 3.05) is 11.9 Å². The van der Waals surface area contributed by atoms with Gasteiger partial charge in [-0.3, -0.25) is 4.79 Å². The third kappa shape index (κ3) is 6.07. The summed E-state index contributed by atoms with van der Waals surface area (Å²) in [6.45, 7) is 6.90. The molecule has 5 nitrogen and oxygen atoms in total. The first-order valence-electron chi connectivity index (χ1n) is 10.8. The number of carbonyl (C=O) groups is 2. The monoisotopic (exact) mass is 418 g/mol. The zero-order valence-electron chi connectivity index (χ0n) is 18.5. The second kappa shape index (κ2) is 10.6. The molecule has 0 aliphatic heterocycles. The summed E-state index contributed by atoms with van der Waals surface area (Å²) in [5, 5.41) is 2.97. The van der Waals surface area contributed by atoms with E-state index in [-0.39, 0.29) is 11.9 Å². The Labute approximate surface area is 184 Å². The summed E-state index contributed by atoms with van der Waals surface area (Å²) >= 11 is 0. The number of ether oxygens (including phenoxy) is 1. The molecule has 0 saturated heterocycles. The summed E-state index contributed by atoms with van der Waals surface area (Å²) in [4.78, 5) is 24.6. The zero-order chi connectivity index (χ0) is 22.2. The van der Waals surface area contributed by atoms with Crippen LogP contribution in [0.4, 0.5) is 5.69 Å². The molecule has 1 amide bonds. The Morgan fingerprint density at radius 1 is 1.03 bits per heavy atom. The van der Waals surface area contributed by atoms with Gasteiger partial charge in [0.25, 0.3) is 0 Å². The second-order valence-electron chi connectivity index (χ2n) is 7.60. The molecule has 3 aromatic rings. The summed E-state index contributed by atoms with van der Waals surface area (Å²) in [7, 11) is 0. The number of rotatable bonds is 9. The molecule has 0 aliphatic carbocycles. The predicted molar refractivity (Wildman–Crippen MR) is 124 cm³/mol. The maximum atomic E-state index is 12.4. The van der Waals surface area contributed by atoms with Crippen LogP contribution in [0, 0.1) is 6.92 Å². The van der Waals surface area contributed by atoms with Gasteiger partial charge in [-0.25, -0.2) is 4.79 Å². The summed E-state index contributed by atoms with van der Waals surface area (Å²) < 4.78 is 7.19. The van der Waals surface area contributed by atoms with Crippen LogP contribution in [0.15, 0.2) is 60.8 Å². The van der Waals surface area contributed by atoms with E-state index in [1.165, 1.54) is 11.1 Å². The van der Waals surface area contributed by atoms with Crippen LogP contribution in [-0.2, 0) is 22.5 Å². The molecule has 162 valence electrons. The van der Waals surface area contributed by atoms with E-state index < -0.39 is 0 Å². The van der Waals surface area contributed by atoms with Crippen molar-refractivity contribution in [3.05, 3.63) is 77.5 Å². The number of amides is 1. The lowest BCUT2D eigenvalue weighted by Gasteiger charge is -2.10. The number of anilines is 1. The molecule has 0 bridgehead atoms. The first-order chi connectivity index (χ1) is 15.0. The van der Waals surface area contributed by atoms with E-state index in [4.69, 9.17) is 4.74 Å². The van der Waals surface area contributed by atoms with Crippen LogP contribution in [-0.4, -0.2) is 23.1 Å². The van der Waals surface area contributed by atoms with Gasteiger partial charge in [-0.1, -0.05) is 48.9 Å². The molecule has 0 unspecified atom stereocenters. The standard InChI is InChI=1S/C26H30N2O3/c1-4-20-8-6-9-23(16-20)27-25(29)10-7-15-28-18-22(26(30)31-5-2)17-24(28)21-13-11-19(3)12-14-21/h6,8-9,11-14,16-18H,4-5,7,10,15H2,1-3H3,(H,27,29). The van der Waals surface area contributed by atoms with Crippen LogP contribution in [0.3, 0.4) is 0 Å². The minimum absolute atomic E-state index is 0.0112. The van der Waals surface area contributed by atoms with Crippen LogP contribution < -0.4 is 5.32 Å². The minimum Gasteiger partial charge on any atom is -0.462 e. The fraction of sp³-hybridized carbons (Fsp3) is 0.308. The Kier molecular flexibility index (Phi) is 7.65. The lowest BCUT2D eigenvalue weighted by molar-refractivity contribution is -0.116. The normalized spacial score (nSPS) is 10.7. The first kappa shape index (κ1) is 22.3. The summed E-state index contributed by atoms with van der Waals surface area (Å²) in [5.41, 5.74) is 5.70. The number of hydrogen-bond donors (Lipinski definition) is 1. The summed E-state index contributed by atoms with van der Waals surface area (Å²) in [6, 6.07) is 18.0. The Hall–Kier alpha value is -3.34. The average molecular weight is 419 g/mol. The molecule has 3 rings (SSSR count). The molecule has 31 heavy (non-hydrogen) atoms. The predicted octanol–water partition coefficient (Wildman–Crippen LogP) is 5.62. The smallest absolute Gasteiger partial charge is 0.339 e. The first-order valence-corrected chi connectivity index (χ1v) is 10.8. The Balaban J connectivity index is 1.68. The third-order valence-electron chi connectivity index (χ3n) is 5.18. The van der Waals surface area contributed by atoms with Crippen molar-refractivity contribution in [3.8, 4) is 11.3 Å². The number of aromatic nitrogens is 1. The lowest BCUT2D eigenvalue weighted by atomic mass is 10.1. The molecule has 1 aromatic heterocycles. The summed E-state index contributed by atoms with van der Waals surface area (Å²) in [5.74, 6) is -0.342. The van der Waals surface area contributed by atoms with Crippen molar-refractivity contribution in [2.45, 2.75) is 46.6 Å². The van der Waals surface area contributed by atoms with Gasteiger partial charge in [0.2, 0.25) is 5.91 Å². The third-order valence-corrected chi connectivity index (χ3v) is 5.18. The average Bonchev–Trinajstić information content (AvgIpc) is 3.19. The van der Waals surface area contributed by atoms with Crippen molar-refractivity contribution < 1.29 is 14.3 Å². The van der Waals surface area contributed by atoms with Crippen LogP contribution in [0.1, 0.15) is 48.2 Å². The van der Waals surface area contributed by atoms with Gasteiger partial charge >= 0.3 is 5.97 Å². The number of esters is 1. The minimum atomic E-state index is -0.330. The topological polar surface area (TPSA) is 60.3 Å². The van der Waals surface area contributed by atoms with Crippen LogP contribution in [0.2, 0.25) is 0 Å². The highest BCUT2D eigenvalue weighted by molar-refractivity contribution is 5.91. The summed E-state index contributed by atoms with van der Waals surface area (Å²) in [6.07, 6.45) is 3.81. The van der Waals surface area contributed by atoms with Crippen molar-refractivity contribution >= 4 is 17.6 Å². The van der Waals surface area contributed by atoms with E-state index in [9.17, 15) is 9.59 Å². The van der Waals surface area contributed by atoms with Gasteiger partial charge in [0.1, 0.15) is 0 Å². The van der Waals surface area contributed by atoms with Gasteiger partial charge in [0.05, 0.1) is 12.2 Å². The van der Waals surface area contributed by atoms with Crippen molar-refractivity contribution in [1.29, 1.82) is 0 Å². The number of nitrogens with zero attached hydrogens (tertiary/aromatic N) is 1. The fourth-order valence-corrected chi connectivity index (χ4v) is 3.49. The van der Waals surface area contributed by atoms with Crippen molar-refractivity contribution in [2.24, 2.45) is 0 Å². The highest BCUT2D eigenvalue weighted by atomic mass is 16.5. The van der Waals surface area contributed by atoms with Gasteiger partial charge in [0, 0.05) is 30.5 Å². The molecule has 2 aromatic carbocycles. The van der Waals surface area contributed by atoms with E-state index in [0.717, 1.165) is 23.4 Å². The Morgan fingerprint density at radius 2 is 1.81 bits per heavy atom. The molecular formula is C26H30N2O3. The van der Waals surface area contributed by atoms with Gasteiger partial charge in [-0.05, 0) is 56.0 Å². The van der Waals surface area contributed by atoms with Gasteiger partial charge < -0.3 is 14.6 Å². The SMILES string of the molecule is CCOC(=O)c1cc(-c2ccc(C)cc2)n(CCCC(=O)Nc2cccc(CC)c2)c1. The number of nitrogens with one attached hydrogen (secondary N) is 1. The molecule has 0 aliphatic rings. The van der Waals surface area contributed by atoms with Crippen LogP contribution in [0.25, 0.3) is 11.3 Å². The zero-order valence-corrected chi connectivity index (χ0v) is 18.5. The maximum Gasteiger partial charge on any atom is 0.339 e. The number of carbonyl (C=O) groups excluding carboxylic acids is 2.